The van der Waals surface area contributed by atoms with E-state index in [0.717, 1.165) is 4.47 Å². The monoisotopic (exact) mass is 313 g/mol. The predicted molar refractivity (Wildman–Crippen MR) is 71.2 cm³/mol. The highest BCUT2D eigenvalue weighted by Gasteiger charge is 2.41. The molecule has 0 radical (unpaired) electrons. The molecule has 5 nitrogen and oxygen atoms in total. The fourth-order valence-corrected chi connectivity index (χ4v) is 2.63. The first-order chi connectivity index (χ1) is 8.46. The van der Waals surface area contributed by atoms with Crippen molar-refractivity contribution in [2.75, 3.05) is 20.1 Å². The number of aromatic nitrogens is 1. The van der Waals surface area contributed by atoms with Crippen LogP contribution >= 0.6 is 15.9 Å². The van der Waals surface area contributed by atoms with Crippen molar-refractivity contribution < 1.29 is 9.59 Å². The van der Waals surface area contributed by atoms with E-state index in [0.29, 0.717) is 25.2 Å². The summed E-state index contributed by atoms with van der Waals surface area (Å²) in [5.41, 5.74) is 0.0665. The van der Waals surface area contributed by atoms with Gasteiger partial charge in [0.05, 0.1) is 5.41 Å². The molecule has 1 aliphatic heterocycles. The number of nitrogens with zero attached hydrogens (tertiary/aromatic N) is 1. The summed E-state index contributed by atoms with van der Waals surface area (Å²) < 4.78 is 0.846. The van der Waals surface area contributed by atoms with Crippen LogP contribution in [0.1, 0.15) is 23.8 Å². The molecule has 2 amide bonds. The lowest BCUT2D eigenvalue weighted by molar-refractivity contribution is -0.128. The number of rotatable bonds is 2. The van der Waals surface area contributed by atoms with Gasteiger partial charge in [0, 0.05) is 30.8 Å². The van der Waals surface area contributed by atoms with Crippen molar-refractivity contribution in [3.8, 4) is 0 Å². The molecule has 2 rings (SSSR count). The van der Waals surface area contributed by atoms with Gasteiger partial charge in [-0.25, -0.2) is 0 Å². The molecule has 0 aromatic carbocycles. The number of hydrogen-bond acceptors (Lipinski definition) is 2. The van der Waals surface area contributed by atoms with E-state index in [1.54, 1.807) is 24.2 Å². The zero-order valence-corrected chi connectivity index (χ0v) is 12.0. The number of hydrogen-bond donors (Lipinski definition) is 2. The van der Waals surface area contributed by atoms with Crippen LogP contribution in [0, 0.1) is 5.41 Å². The highest BCUT2D eigenvalue weighted by molar-refractivity contribution is 9.10. The Labute approximate surface area is 114 Å². The van der Waals surface area contributed by atoms with Crippen LogP contribution in [0.2, 0.25) is 0 Å². The lowest BCUT2D eigenvalue weighted by Crippen LogP contribution is -2.40. The molecule has 1 atom stereocenters. The molecular formula is C12H16BrN3O2. The van der Waals surface area contributed by atoms with Gasteiger partial charge in [0.2, 0.25) is 5.91 Å². The van der Waals surface area contributed by atoms with E-state index in [2.05, 4.69) is 26.2 Å². The van der Waals surface area contributed by atoms with E-state index in [1.807, 2.05) is 6.92 Å². The van der Waals surface area contributed by atoms with Gasteiger partial charge in [0.25, 0.3) is 5.91 Å². The minimum atomic E-state index is -0.478. The van der Waals surface area contributed by atoms with Gasteiger partial charge in [-0.1, -0.05) is 0 Å². The molecule has 2 N–H and O–H groups in total. The first-order valence-electron chi connectivity index (χ1n) is 5.82. The van der Waals surface area contributed by atoms with Gasteiger partial charge >= 0.3 is 0 Å². The predicted octanol–water partition coefficient (Wildman–Crippen LogP) is 1.38. The summed E-state index contributed by atoms with van der Waals surface area (Å²) in [5.74, 6) is -0.0706. The molecule has 0 saturated carbocycles. The molecule has 1 aliphatic rings. The summed E-state index contributed by atoms with van der Waals surface area (Å²) in [5, 5.41) is 2.66. The molecule has 0 spiro atoms. The van der Waals surface area contributed by atoms with Gasteiger partial charge < -0.3 is 15.2 Å². The molecule has 18 heavy (non-hydrogen) atoms. The fourth-order valence-electron chi connectivity index (χ4n) is 2.28. The summed E-state index contributed by atoms with van der Waals surface area (Å²) in [6.45, 7) is 2.96. The van der Waals surface area contributed by atoms with Crippen molar-refractivity contribution in [2.45, 2.75) is 13.3 Å². The van der Waals surface area contributed by atoms with Gasteiger partial charge in [-0.2, -0.15) is 0 Å². The van der Waals surface area contributed by atoms with Crippen LogP contribution in [0.4, 0.5) is 0 Å². The van der Waals surface area contributed by atoms with Gasteiger partial charge in [-0.05, 0) is 35.3 Å². The average Bonchev–Trinajstić information content (AvgIpc) is 2.95. The number of likely N-dealkylation sites (tertiary alicyclic amines) is 1. The number of halogens is 1. The summed E-state index contributed by atoms with van der Waals surface area (Å²) in [4.78, 5) is 28.6. The minimum Gasteiger partial charge on any atom is -0.359 e. The number of nitrogens with one attached hydrogen (secondary N) is 2. The Balaban J connectivity index is 2.09. The topological polar surface area (TPSA) is 65.2 Å². The Bertz CT molecular complexity index is 485. The fraction of sp³-hybridized carbons (Fsp3) is 0.500. The van der Waals surface area contributed by atoms with Crippen LogP contribution in [0.25, 0.3) is 0 Å². The third kappa shape index (κ3) is 2.29. The molecule has 1 saturated heterocycles. The van der Waals surface area contributed by atoms with Gasteiger partial charge in [0.1, 0.15) is 5.69 Å². The second-order valence-corrected chi connectivity index (χ2v) is 5.76. The first-order valence-corrected chi connectivity index (χ1v) is 6.61. The smallest absolute Gasteiger partial charge is 0.270 e. The second kappa shape index (κ2) is 4.76. The van der Waals surface area contributed by atoms with Gasteiger partial charge in [-0.3, -0.25) is 9.59 Å². The van der Waals surface area contributed by atoms with Crippen molar-refractivity contribution in [1.82, 2.24) is 15.2 Å². The van der Waals surface area contributed by atoms with E-state index in [-0.39, 0.29) is 11.8 Å². The third-order valence-corrected chi connectivity index (χ3v) is 3.87. The normalized spacial score (nSPS) is 23.2. The molecular weight excluding hydrogens is 298 g/mol. The van der Waals surface area contributed by atoms with E-state index in [1.165, 1.54) is 0 Å². The minimum absolute atomic E-state index is 0.00883. The molecule has 6 heteroatoms. The lowest BCUT2D eigenvalue weighted by Gasteiger charge is -2.22. The van der Waals surface area contributed by atoms with Crippen LogP contribution in [0.5, 0.6) is 0 Å². The molecule has 1 aromatic heterocycles. The second-order valence-electron chi connectivity index (χ2n) is 4.85. The van der Waals surface area contributed by atoms with Crippen molar-refractivity contribution >= 4 is 27.7 Å². The van der Waals surface area contributed by atoms with Gasteiger partial charge in [0.15, 0.2) is 0 Å². The van der Waals surface area contributed by atoms with Crippen LogP contribution in [-0.4, -0.2) is 41.8 Å². The van der Waals surface area contributed by atoms with E-state index in [9.17, 15) is 9.59 Å². The molecule has 0 aliphatic carbocycles. The standard InChI is InChI=1S/C12H16BrN3O2/c1-12(11(18)14-2)3-4-16(7-12)10(17)9-5-8(13)6-15-9/h5-6,15H,3-4,7H2,1-2H3,(H,14,18). The number of H-pyrrole nitrogens is 1. The SMILES string of the molecule is CNC(=O)C1(C)CCN(C(=O)c2cc(Br)c[nH]2)C1. The Morgan fingerprint density at radius 1 is 1.56 bits per heavy atom. The Hall–Kier alpha value is -1.30. The summed E-state index contributed by atoms with van der Waals surface area (Å²) in [7, 11) is 1.63. The largest absolute Gasteiger partial charge is 0.359 e. The van der Waals surface area contributed by atoms with Crippen LogP contribution in [0.3, 0.4) is 0 Å². The maximum atomic E-state index is 12.2. The lowest BCUT2D eigenvalue weighted by atomic mass is 9.89. The quantitative estimate of drug-likeness (QED) is 0.866. The van der Waals surface area contributed by atoms with E-state index < -0.39 is 5.41 Å². The van der Waals surface area contributed by atoms with Crippen molar-refractivity contribution in [1.29, 1.82) is 0 Å². The molecule has 1 aromatic rings. The Morgan fingerprint density at radius 3 is 2.83 bits per heavy atom. The van der Waals surface area contributed by atoms with Gasteiger partial charge in [-0.15, -0.1) is 0 Å². The highest BCUT2D eigenvalue weighted by Crippen LogP contribution is 2.31. The first kappa shape index (κ1) is 13.1. The number of amides is 2. The zero-order chi connectivity index (χ0) is 13.3. The summed E-state index contributed by atoms with van der Waals surface area (Å²) in [6.07, 6.45) is 2.42. The number of aromatic amines is 1. The molecule has 0 bridgehead atoms. The van der Waals surface area contributed by atoms with E-state index >= 15 is 0 Å². The van der Waals surface area contributed by atoms with Crippen molar-refractivity contribution in [3.05, 3.63) is 22.4 Å². The van der Waals surface area contributed by atoms with Crippen molar-refractivity contribution in [3.63, 3.8) is 0 Å². The Kier molecular flexibility index (Phi) is 3.47. The Morgan fingerprint density at radius 2 is 2.28 bits per heavy atom. The maximum Gasteiger partial charge on any atom is 0.270 e. The van der Waals surface area contributed by atoms with Crippen LogP contribution in [-0.2, 0) is 4.79 Å². The maximum absolute atomic E-state index is 12.2. The average molecular weight is 314 g/mol. The van der Waals surface area contributed by atoms with Crippen LogP contribution < -0.4 is 5.32 Å². The van der Waals surface area contributed by atoms with Crippen LogP contribution in [0.15, 0.2) is 16.7 Å². The molecule has 1 fully saturated rings. The summed E-state index contributed by atoms with van der Waals surface area (Å²) in [6, 6.07) is 1.75. The van der Waals surface area contributed by atoms with Crippen molar-refractivity contribution in [2.24, 2.45) is 5.41 Å². The zero-order valence-electron chi connectivity index (χ0n) is 10.4. The molecule has 1 unspecified atom stereocenters. The number of carbonyl (C=O) groups is 2. The van der Waals surface area contributed by atoms with E-state index in [4.69, 9.17) is 0 Å². The highest BCUT2D eigenvalue weighted by atomic mass is 79.9. The summed E-state index contributed by atoms with van der Waals surface area (Å²) >= 11 is 3.30. The molecule has 98 valence electrons. The number of carbonyl (C=O) groups excluding carboxylic acids is 2. The third-order valence-electron chi connectivity index (χ3n) is 3.41. The molecule has 2 heterocycles.